The molecular formula is C14H32O. The average Bonchev–Trinajstić information content (AvgIpc) is 2.37. The molecule has 1 heterocycles. The van der Waals surface area contributed by atoms with Crippen molar-refractivity contribution in [2.24, 2.45) is 11.8 Å². The van der Waals surface area contributed by atoms with Crippen molar-refractivity contribution in [2.75, 3.05) is 13.2 Å². The van der Waals surface area contributed by atoms with E-state index in [4.69, 9.17) is 4.74 Å². The molecule has 0 radical (unpaired) electrons. The lowest BCUT2D eigenvalue weighted by Gasteiger charge is -2.28. The van der Waals surface area contributed by atoms with E-state index in [-0.39, 0.29) is 0 Å². The van der Waals surface area contributed by atoms with Crippen molar-refractivity contribution in [1.82, 2.24) is 0 Å². The van der Waals surface area contributed by atoms with Crippen molar-refractivity contribution in [3.63, 3.8) is 0 Å². The summed E-state index contributed by atoms with van der Waals surface area (Å²) in [4.78, 5) is 0. The summed E-state index contributed by atoms with van der Waals surface area (Å²) in [5, 5.41) is 0. The number of hydrogen-bond donors (Lipinski definition) is 0. The Balaban J connectivity index is 0. The molecule has 0 N–H and O–H groups in total. The first-order valence-electron chi connectivity index (χ1n) is 6.96. The van der Waals surface area contributed by atoms with Gasteiger partial charge >= 0.3 is 0 Å². The second-order valence-electron chi connectivity index (χ2n) is 3.53. The summed E-state index contributed by atoms with van der Waals surface area (Å²) in [6, 6.07) is 0. The summed E-state index contributed by atoms with van der Waals surface area (Å²) in [6.07, 6.45) is 5.29. The van der Waals surface area contributed by atoms with Crippen LogP contribution in [0.25, 0.3) is 0 Å². The number of hydrogen-bond acceptors (Lipinski definition) is 1. The van der Waals surface area contributed by atoms with Crippen LogP contribution in [0.4, 0.5) is 0 Å². The highest BCUT2D eigenvalue weighted by molar-refractivity contribution is 4.70. The van der Waals surface area contributed by atoms with E-state index in [2.05, 4.69) is 13.8 Å². The molecule has 0 spiro atoms. The fourth-order valence-corrected chi connectivity index (χ4v) is 2.14. The second kappa shape index (κ2) is 14.0. The van der Waals surface area contributed by atoms with E-state index in [1.54, 1.807) is 0 Å². The SMILES string of the molecule is CC.CC.CCC(CC)C1CCOCC1. The number of ether oxygens (including phenoxy) is 1. The Kier molecular flexibility index (Phi) is 16.2. The van der Waals surface area contributed by atoms with Crippen LogP contribution in [-0.4, -0.2) is 13.2 Å². The first kappa shape index (κ1) is 17.4. The Morgan fingerprint density at radius 3 is 1.67 bits per heavy atom. The van der Waals surface area contributed by atoms with Gasteiger partial charge in [-0.05, 0) is 24.7 Å². The number of rotatable bonds is 3. The average molecular weight is 216 g/mol. The largest absolute Gasteiger partial charge is 0.381 e. The molecule has 0 bridgehead atoms. The first-order valence-corrected chi connectivity index (χ1v) is 6.96. The van der Waals surface area contributed by atoms with Crippen molar-refractivity contribution in [2.45, 2.75) is 67.2 Å². The monoisotopic (exact) mass is 216 g/mol. The summed E-state index contributed by atoms with van der Waals surface area (Å²) in [5.41, 5.74) is 0. The van der Waals surface area contributed by atoms with Gasteiger partial charge in [-0.1, -0.05) is 54.4 Å². The van der Waals surface area contributed by atoms with E-state index < -0.39 is 0 Å². The van der Waals surface area contributed by atoms with Crippen molar-refractivity contribution in [1.29, 1.82) is 0 Å². The molecule has 1 rings (SSSR count). The van der Waals surface area contributed by atoms with Crippen LogP contribution in [0.3, 0.4) is 0 Å². The predicted molar refractivity (Wildman–Crippen MR) is 70.3 cm³/mol. The maximum atomic E-state index is 5.34. The predicted octanol–water partition coefficient (Wildman–Crippen LogP) is 4.90. The zero-order chi connectivity index (χ0) is 12.1. The fraction of sp³-hybridized carbons (Fsp3) is 1.00. The van der Waals surface area contributed by atoms with Gasteiger partial charge in [-0.25, -0.2) is 0 Å². The van der Waals surface area contributed by atoms with Crippen LogP contribution < -0.4 is 0 Å². The van der Waals surface area contributed by atoms with Crippen LogP contribution >= 0.6 is 0 Å². The summed E-state index contributed by atoms with van der Waals surface area (Å²) >= 11 is 0. The lowest BCUT2D eigenvalue weighted by atomic mass is 9.83. The highest BCUT2D eigenvalue weighted by atomic mass is 16.5. The smallest absolute Gasteiger partial charge is 0.0468 e. The quantitative estimate of drug-likeness (QED) is 0.652. The normalized spacial score (nSPS) is 16.2. The molecule has 0 saturated carbocycles. The van der Waals surface area contributed by atoms with Crippen LogP contribution in [0.5, 0.6) is 0 Å². The fourth-order valence-electron chi connectivity index (χ4n) is 2.14. The summed E-state index contributed by atoms with van der Waals surface area (Å²) < 4.78 is 5.34. The van der Waals surface area contributed by atoms with Gasteiger partial charge in [0.2, 0.25) is 0 Å². The molecular weight excluding hydrogens is 184 g/mol. The maximum absolute atomic E-state index is 5.34. The molecule has 1 fully saturated rings. The molecule has 0 atom stereocenters. The highest BCUT2D eigenvalue weighted by Crippen LogP contribution is 2.28. The molecule has 0 amide bonds. The van der Waals surface area contributed by atoms with Gasteiger partial charge in [-0.2, -0.15) is 0 Å². The minimum atomic E-state index is 0.957. The van der Waals surface area contributed by atoms with Crippen LogP contribution in [-0.2, 0) is 4.74 Å². The molecule has 0 aromatic carbocycles. The first-order chi connectivity index (χ1) is 7.38. The molecule has 1 aliphatic rings. The Hall–Kier alpha value is -0.0400. The topological polar surface area (TPSA) is 9.23 Å². The van der Waals surface area contributed by atoms with Crippen molar-refractivity contribution in [3.8, 4) is 0 Å². The third-order valence-electron chi connectivity index (χ3n) is 2.98. The van der Waals surface area contributed by atoms with Crippen molar-refractivity contribution >= 4 is 0 Å². The van der Waals surface area contributed by atoms with Gasteiger partial charge < -0.3 is 4.74 Å². The molecule has 1 nitrogen and oxygen atoms in total. The maximum Gasteiger partial charge on any atom is 0.0468 e. The third-order valence-corrected chi connectivity index (χ3v) is 2.98. The third kappa shape index (κ3) is 7.84. The van der Waals surface area contributed by atoms with Crippen molar-refractivity contribution in [3.05, 3.63) is 0 Å². The van der Waals surface area contributed by atoms with E-state index in [0.717, 1.165) is 25.0 Å². The lowest BCUT2D eigenvalue weighted by Crippen LogP contribution is -2.22. The zero-order valence-electron chi connectivity index (χ0n) is 11.8. The van der Waals surface area contributed by atoms with E-state index in [1.165, 1.54) is 25.7 Å². The summed E-state index contributed by atoms with van der Waals surface area (Å²) in [6.45, 7) is 14.6. The van der Waals surface area contributed by atoms with Crippen LogP contribution in [0, 0.1) is 11.8 Å². The van der Waals surface area contributed by atoms with Crippen LogP contribution in [0.15, 0.2) is 0 Å². The van der Waals surface area contributed by atoms with E-state index in [9.17, 15) is 0 Å². The van der Waals surface area contributed by atoms with Gasteiger partial charge in [0.05, 0.1) is 0 Å². The molecule has 0 aromatic rings. The molecule has 1 saturated heterocycles. The van der Waals surface area contributed by atoms with Gasteiger partial charge in [0.15, 0.2) is 0 Å². The van der Waals surface area contributed by atoms with Gasteiger partial charge in [-0.15, -0.1) is 0 Å². The van der Waals surface area contributed by atoms with Crippen LogP contribution in [0.1, 0.15) is 67.2 Å². The lowest BCUT2D eigenvalue weighted by molar-refractivity contribution is 0.0451. The highest BCUT2D eigenvalue weighted by Gasteiger charge is 2.20. The van der Waals surface area contributed by atoms with Crippen molar-refractivity contribution < 1.29 is 4.74 Å². The zero-order valence-corrected chi connectivity index (χ0v) is 11.8. The van der Waals surface area contributed by atoms with Gasteiger partial charge in [-0.3, -0.25) is 0 Å². The molecule has 0 aliphatic carbocycles. The standard InChI is InChI=1S/C10H20O.2C2H6/c1-3-9(4-2)10-5-7-11-8-6-10;2*1-2/h9-10H,3-8H2,1-2H3;2*1-2H3. The van der Waals surface area contributed by atoms with Gasteiger partial charge in [0.25, 0.3) is 0 Å². The van der Waals surface area contributed by atoms with E-state index in [1.807, 2.05) is 27.7 Å². The minimum absolute atomic E-state index is 0.957. The van der Waals surface area contributed by atoms with Gasteiger partial charge in [0.1, 0.15) is 0 Å². The second-order valence-corrected chi connectivity index (χ2v) is 3.53. The van der Waals surface area contributed by atoms with E-state index in [0.29, 0.717) is 0 Å². The Morgan fingerprint density at radius 2 is 1.33 bits per heavy atom. The molecule has 0 unspecified atom stereocenters. The molecule has 94 valence electrons. The molecule has 1 heteroatoms. The minimum Gasteiger partial charge on any atom is -0.381 e. The van der Waals surface area contributed by atoms with E-state index >= 15 is 0 Å². The summed E-state index contributed by atoms with van der Waals surface area (Å²) in [5.74, 6) is 1.91. The van der Waals surface area contributed by atoms with Gasteiger partial charge in [0, 0.05) is 13.2 Å². The Bertz CT molecular complexity index is 91.5. The molecule has 1 aliphatic heterocycles. The van der Waals surface area contributed by atoms with Crippen LogP contribution in [0.2, 0.25) is 0 Å². The summed E-state index contributed by atoms with van der Waals surface area (Å²) in [7, 11) is 0. The Labute approximate surface area is 97.6 Å². The Morgan fingerprint density at radius 1 is 0.933 bits per heavy atom. The molecule has 15 heavy (non-hydrogen) atoms. The molecule has 0 aromatic heterocycles.